The normalized spacial score (nSPS) is 14.1. The molecule has 1 aliphatic carbocycles. The van der Waals surface area contributed by atoms with Crippen molar-refractivity contribution in [3.05, 3.63) is 47.9 Å². The van der Waals surface area contributed by atoms with Crippen LogP contribution in [-0.4, -0.2) is 21.8 Å². The summed E-state index contributed by atoms with van der Waals surface area (Å²) in [7, 11) is 1.24. The van der Waals surface area contributed by atoms with Gasteiger partial charge in [0.2, 0.25) is 5.88 Å². The molecule has 1 fully saturated rings. The minimum atomic E-state index is -1.03. The van der Waals surface area contributed by atoms with Gasteiger partial charge in [-0.1, -0.05) is 0 Å². The number of methoxy groups -OCH3 is 1. The van der Waals surface area contributed by atoms with Gasteiger partial charge in [-0.05, 0) is 37.1 Å². The Morgan fingerprint density at radius 2 is 1.79 bits per heavy atom. The highest BCUT2D eigenvalue weighted by Crippen LogP contribution is 2.45. The maximum atomic E-state index is 14.9. The van der Waals surface area contributed by atoms with Crippen LogP contribution in [0.4, 0.5) is 18.9 Å². The van der Waals surface area contributed by atoms with Gasteiger partial charge in [-0.2, -0.15) is 0 Å². The minimum absolute atomic E-state index is 0.00833. The van der Waals surface area contributed by atoms with Crippen LogP contribution < -0.4 is 10.5 Å². The van der Waals surface area contributed by atoms with Crippen molar-refractivity contribution in [3.8, 4) is 22.8 Å². The lowest BCUT2D eigenvalue weighted by atomic mass is 9.98. The molecule has 0 saturated heterocycles. The van der Waals surface area contributed by atoms with E-state index in [-0.39, 0.29) is 34.4 Å². The number of anilines is 1. The Morgan fingerprint density at radius 1 is 1.10 bits per heavy atom. The zero-order valence-corrected chi connectivity index (χ0v) is 15.3. The number of nitrogens with zero attached hydrogens (tertiary/aromatic N) is 2. The first kappa shape index (κ1) is 17.7. The molecule has 0 atom stereocenters. The van der Waals surface area contributed by atoms with Crippen LogP contribution in [0.5, 0.6) is 11.6 Å². The second kappa shape index (κ2) is 6.04. The van der Waals surface area contributed by atoms with Crippen LogP contribution in [0.3, 0.4) is 0 Å². The molecule has 1 aliphatic rings. The topological polar surface area (TPSA) is 73.3 Å². The summed E-state index contributed by atoms with van der Waals surface area (Å²) in [6, 6.07) is 4.77. The van der Waals surface area contributed by atoms with E-state index in [4.69, 9.17) is 10.5 Å². The van der Waals surface area contributed by atoms with Crippen LogP contribution in [0.15, 0.2) is 30.5 Å². The fourth-order valence-electron chi connectivity index (χ4n) is 3.79. The zero-order chi connectivity index (χ0) is 20.4. The summed E-state index contributed by atoms with van der Waals surface area (Å²) < 4.78 is 50.9. The van der Waals surface area contributed by atoms with Crippen LogP contribution in [-0.2, 0) is 0 Å². The summed E-state index contributed by atoms with van der Waals surface area (Å²) in [6.45, 7) is 0. The second-order valence-corrected chi connectivity index (χ2v) is 7.13. The molecule has 0 unspecified atom stereocenters. The number of aromatic nitrogens is 2. The van der Waals surface area contributed by atoms with E-state index >= 15 is 0 Å². The SMILES string of the molecule is COc1ccc(F)c(-c2c(F)ccc3c(N)c4c(O)n(C5CC5)cc4nc23)c1F. The number of nitrogen functional groups attached to an aromatic ring is 1. The Kier molecular flexibility index (Phi) is 3.68. The number of halogens is 3. The largest absolute Gasteiger partial charge is 0.494 e. The molecule has 0 amide bonds. The van der Waals surface area contributed by atoms with Crippen molar-refractivity contribution in [2.75, 3.05) is 12.8 Å². The van der Waals surface area contributed by atoms with Crippen LogP contribution in [0.1, 0.15) is 18.9 Å². The number of hydrogen-bond donors (Lipinski definition) is 2. The van der Waals surface area contributed by atoms with Gasteiger partial charge >= 0.3 is 0 Å². The van der Waals surface area contributed by atoms with Crippen molar-refractivity contribution in [3.63, 3.8) is 0 Å². The number of nitrogens with two attached hydrogens (primary N) is 1. The molecule has 2 aromatic carbocycles. The Hall–Kier alpha value is -3.42. The van der Waals surface area contributed by atoms with Crippen molar-refractivity contribution < 1.29 is 23.0 Å². The van der Waals surface area contributed by atoms with Crippen molar-refractivity contribution in [2.24, 2.45) is 0 Å². The van der Waals surface area contributed by atoms with E-state index < -0.39 is 23.0 Å². The zero-order valence-electron chi connectivity index (χ0n) is 15.3. The fourth-order valence-corrected chi connectivity index (χ4v) is 3.79. The number of aromatic hydroxyl groups is 1. The van der Waals surface area contributed by atoms with Crippen LogP contribution in [0.2, 0.25) is 0 Å². The average molecular weight is 399 g/mol. The van der Waals surface area contributed by atoms with Crippen molar-refractivity contribution in [1.82, 2.24) is 9.55 Å². The lowest BCUT2D eigenvalue weighted by Crippen LogP contribution is -2.00. The van der Waals surface area contributed by atoms with Crippen molar-refractivity contribution in [2.45, 2.75) is 18.9 Å². The monoisotopic (exact) mass is 399 g/mol. The lowest BCUT2D eigenvalue weighted by Gasteiger charge is -2.13. The molecule has 2 aromatic heterocycles. The summed E-state index contributed by atoms with van der Waals surface area (Å²) in [5, 5.41) is 11.2. The van der Waals surface area contributed by atoms with Gasteiger partial charge in [-0.3, -0.25) is 0 Å². The Morgan fingerprint density at radius 3 is 2.48 bits per heavy atom. The molecule has 4 aromatic rings. The molecule has 5 rings (SSSR count). The van der Waals surface area contributed by atoms with E-state index in [1.807, 2.05) is 0 Å². The van der Waals surface area contributed by atoms with Gasteiger partial charge in [-0.15, -0.1) is 0 Å². The number of hydrogen-bond acceptors (Lipinski definition) is 4. The summed E-state index contributed by atoms with van der Waals surface area (Å²) in [4.78, 5) is 4.43. The maximum Gasteiger partial charge on any atom is 0.203 e. The third-order valence-electron chi connectivity index (χ3n) is 5.37. The van der Waals surface area contributed by atoms with Crippen molar-refractivity contribution >= 4 is 27.5 Å². The third-order valence-corrected chi connectivity index (χ3v) is 5.37. The molecular weight excluding hydrogens is 383 g/mol. The van der Waals surface area contributed by atoms with E-state index in [9.17, 15) is 18.3 Å². The van der Waals surface area contributed by atoms with Gasteiger partial charge in [0, 0.05) is 23.2 Å². The number of fused-ring (bicyclic) bond motifs is 2. The first-order valence-electron chi connectivity index (χ1n) is 9.06. The van der Waals surface area contributed by atoms with Crippen LogP contribution >= 0.6 is 0 Å². The Balaban J connectivity index is 1.90. The van der Waals surface area contributed by atoms with Gasteiger partial charge in [0.1, 0.15) is 11.6 Å². The van der Waals surface area contributed by atoms with E-state index in [0.717, 1.165) is 31.0 Å². The molecule has 1 saturated carbocycles. The molecule has 3 N–H and O–H groups in total. The van der Waals surface area contributed by atoms with Crippen LogP contribution in [0, 0.1) is 17.5 Å². The smallest absolute Gasteiger partial charge is 0.203 e. The number of pyridine rings is 1. The molecule has 0 spiro atoms. The van der Waals surface area contributed by atoms with Gasteiger partial charge in [0.25, 0.3) is 0 Å². The lowest BCUT2D eigenvalue weighted by molar-refractivity contribution is 0.385. The van der Waals surface area contributed by atoms with Crippen LogP contribution in [0.25, 0.3) is 32.9 Å². The van der Waals surface area contributed by atoms with Gasteiger partial charge < -0.3 is 20.1 Å². The molecule has 29 heavy (non-hydrogen) atoms. The quantitative estimate of drug-likeness (QED) is 0.514. The molecule has 8 heteroatoms. The standard InChI is InChI=1S/C21H16F3N3O2/c1-29-14-7-6-11(22)15(18(14)24)16-12(23)5-4-10-19(25)17-13(26-20(10)16)8-27(21(17)28)9-2-3-9/h4-9,28H,2-3,25H2,1H3. The van der Waals surface area contributed by atoms with Gasteiger partial charge in [0.05, 0.1) is 34.8 Å². The molecule has 0 bridgehead atoms. The summed E-state index contributed by atoms with van der Waals surface area (Å²) in [5.74, 6) is -3.06. The predicted octanol–water partition coefficient (Wildman–Crippen LogP) is 4.91. The summed E-state index contributed by atoms with van der Waals surface area (Å²) in [6.07, 6.45) is 3.48. The maximum absolute atomic E-state index is 14.9. The van der Waals surface area contributed by atoms with Gasteiger partial charge in [-0.25, -0.2) is 18.2 Å². The average Bonchev–Trinajstić information content (AvgIpc) is 3.47. The predicted molar refractivity (Wildman–Crippen MR) is 103 cm³/mol. The van der Waals surface area contributed by atoms with Crippen molar-refractivity contribution in [1.29, 1.82) is 0 Å². The molecule has 148 valence electrons. The number of benzene rings is 2. The summed E-state index contributed by atoms with van der Waals surface area (Å²) in [5.41, 5.74) is 5.86. The van der Waals surface area contributed by atoms with E-state index in [2.05, 4.69) is 4.98 Å². The molecular formula is C21H16F3N3O2. The fraction of sp³-hybridized carbons (Fsp3) is 0.190. The number of rotatable bonds is 3. The minimum Gasteiger partial charge on any atom is -0.494 e. The van der Waals surface area contributed by atoms with E-state index in [1.165, 1.54) is 13.2 Å². The highest BCUT2D eigenvalue weighted by Gasteiger charge is 2.29. The first-order valence-corrected chi connectivity index (χ1v) is 9.06. The van der Waals surface area contributed by atoms with E-state index in [1.54, 1.807) is 10.8 Å². The Labute approximate surface area is 163 Å². The molecule has 0 radical (unpaired) electrons. The molecule has 5 nitrogen and oxygen atoms in total. The molecule has 0 aliphatic heterocycles. The highest BCUT2D eigenvalue weighted by atomic mass is 19.1. The molecule has 2 heterocycles. The summed E-state index contributed by atoms with van der Waals surface area (Å²) >= 11 is 0. The number of ether oxygens (including phenoxy) is 1. The second-order valence-electron chi connectivity index (χ2n) is 7.13. The van der Waals surface area contributed by atoms with Gasteiger partial charge in [0.15, 0.2) is 11.6 Å². The highest BCUT2D eigenvalue weighted by molar-refractivity contribution is 6.12. The first-order chi connectivity index (χ1) is 13.9. The van der Waals surface area contributed by atoms with E-state index in [0.29, 0.717) is 16.3 Å². The Bertz CT molecular complexity index is 1310. The third kappa shape index (κ3) is 2.45.